The van der Waals surface area contributed by atoms with Gasteiger partial charge in [0.2, 0.25) is 0 Å². The number of hydrogen-bond acceptors (Lipinski definition) is 13. The molecule has 0 aliphatic carbocycles. The molecule has 1 aromatic heterocycles. The Morgan fingerprint density at radius 1 is 1.07 bits per heavy atom. The van der Waals surface area contributed by atoms with Gasteiger partial charge in [-0.25, -0.2) is 4.68 Å². The molecular weight excluding hydrogens is 572 g/mol. The maximum atomic E-state index is 12.2. The van der Waals surface area contributed by atoms with Crippen molar-refractivity contribution in [3.63, 3.8) is 0 Å². The Hall–Kier alpha value is -3.69. The van der Waals surface area contributed by atoms with Crippen LogP contribution in [0.5, 0.6) is 0 Å². The average molecular weight is 605 g/mol. The zero-order chi connectivity index (χ0) is 30.2. The standard InChI is InChI=1S/C26H32N6O9S/c1-14(33)38-12-20-24(40-16(3)35)22(29-30-27)25(36-4)26(41-20)42-21-13-37-11-19(23(21)39-15(2)34)32-10-18(28-31-32)17-8-6-5-7-9-17/h5-10,19-26H,11-13H2,1-4H3/t19-,20?,21+,22?,23+,24?,25?,26?/m0/s1. The normalized spacial score (nSPS) is 29.1. The van der Waals surface area contributed by atoms with E-state index >= 15 is 0 Å². The van der Waals surface area contributed by atoms with E-state index in [2.05, 4.69) is 20.3 Å². The fourth-order valence-electron chi connectivity index (χ4n) is 4.90. The van der Waals surface area contributed by atoms with Crippen LogP contribution < -0.4 is 0 Å². The van der Waals surface area contributed by atoms with Crippen LogP contribution >= 0.6 is 11.8 Å². The zero-order valence-electron chi connectivity index (χ0n) is 23.5. The first-order chi connectivity index (χ1) is 20.2. The third kappa shape index (κ3) is 7.57. The summed E-state index contributed by atoms with van der Waals surface area (Å²) in [5, 5.41) is 11.9. The fourth-order valence-corrected chi connectivity index (χ4v) is 6.45. The summed E-state index contributed by atoms with van der Waals surface area (Å²) >= 11 is 1.24. The second kappa shape index (κ2) is 14.5. The lowest BCUT2D eigenvalue weighted by atomic mass is 9.97. The molecule has 2 fully saturated rings. The lowest BCUT2D eigenvalue weighted by Crippen LogP contribution is -2.60. The Bertz CT molecular complexity index is 1290. The van der Waals surface area contributed by atoms with Gasteiger partial charge >= 0.3 is 17.9 Å². The summed E-state index contributed by atoms with van der Waals surface area (Å²) in [4.78, 5) is 38.6. The molecule has 3 heterocycles. The summed E-state index contributed by atoms with van der Waals surface area (Å²) in [5.74, 6) is -1.71. The van der Waals surface area contributed by atoms with Gasteiger partial charge in [-0.1, -0.05) is 40.7 Å². The van der Waals surface area contributed by atoms with Crippen molar-refractivity contribution in [3.05, 3.63) is 47.0 Å². The number of carbonyl (C=O) groups excluding carboxylic acids is 3. The van der Waals surface area contributed by atoms with Gasteiger partial charge in [0.1, 0.15) is 54.2 Å². The lowest BCUT2D eigenvalue weighted by Gasteiger charge is -2.45. The maximum Gasteiger partial charge on any atom is 0.303 e. The molecule has 0 N–H and O–H groups in total. The molecular formula is C26H32N6O9S. The van der Waals surface area contributed by atoms with Crippen molar-refractivity contribution in [1.82, 2.24) is 15.0 Å². The van der Waals surface area contributed by atoms with Crippen LogP contribution in [0.4, 0.5) is 0 Å². The van der Waals surface area contributed by atoms with Gasteiger partial charge in [0.05, 0.1) is 24.7 Å². The lowest BCUT2D eigenvalue weighted by molar-refractivity contribution is -0.196. The maximum absolute atomic E-state index is 12.2. The number of aromatic nitrogens is 3. The molecule has 0 amide bonds. The summed E-state index contributed by atoms with van der Waals surface area (Å²) in [6.45, 7) is 3.87. The van der Waals surface area contributed by atoms with E-state index in [0.29, 0.717) is 5.69 Å². The highest BCUT2D eigenvalue weighted by molar-refractivity contribution is 8.00. The molecule has 2 saturated heterocycles. The van der Waals surface area contributed by atoms with Gasteiger partial charge in [-0.15, -0.1) is 16.9 Å². The first-order valence-electron chi connectivity index (χ1n) is 13.1. The number of ether oxygens (including phenoxy) is 6. The number of nitrogens with zero attached hydrogens (tertiary/aromatic N) is 6. The molecule has 0 bridgehead atoms. The molecule has 2 aliphatic heterocycles. The average Bonchev–Trinajstić information content (AvgIpc) is 3.45. The van der Waals surface area contributed by atoms with E-state index < -0.39 is 65.1 Å². The number of rotatable bonds is 10. The number of hydrogen-bond donors (Lipinski definition) is 0. The Morgan fingerprint density at radius 2 is 1.79 bits per heavy atom. The largest absolute Gasteiger partial charge is 0.463 e. The first-order valence-corrected chi connectivity index (χ1v) is 14.1. The monoisotopic (exact) mass is 604 g/mol. The van der Waals surface area contributed by atoms with E-state index in [9.17, 15) is 19.9 Å². The third-order valence-corrected chi connectivity index (χ3v) is 8.08. The van der Waals surface area contributed by atoms with Gasteiger partial charge in [-0.2, -0.15) is 0 Å². The van der Waals surface area contributed by atoms with Gasteiger partial charge in [0, 0.05) is 38.4 Å². The summed E-state index contributed by atoms with van der Waals surface area (Å²) in [6, 6.07) is 7.98. The SMILES string of the molecule is COC1C(S[C@@H]2COC[C@H](n3cc(-c4ccccc4)nn3)[C@H]2OC(C)=O)OC(COC(C)=O)C(OC(C)=O)C1N=[N+]=[N-]. The molecule has 5 unspecified atom stereocenters. The van der Waals surface area contributed by atoms with E-state index in [4.69, 9.17) is 28.4 Å². The van der Waals surface area contributed by atoms with Crippen LogP contribution in [0, 0.1) is 0 Å². The molecule has 0 saturated carbocycles. The van der Waals surface area contributed by atoms with Crippen LogP contribution in [0.15, 0.2) is 41.6 Å². The number of benzene rings is 1. The summed E-state index contributed by atoms with van der Waals surface area (Å²) in [7, 11) is 1.41. The van der Waals surface area contributed by atoms with Crippen molar-refractivity contribution in [3.8, 4) is 11.3 Å². The molecule has 0 spiro atoms. The van der Waals surface area contributed by atoms with Gasteiger partial charge < -0.3 is 28.4 Å². The second-order valence-electron chi connectivity index (χ2n) is 9.62. The van der Waals surface area contributed by atoms with E-state index in [1.165, 1.54) is 39.6 Å². The highest BCUT2D eigenvalue weighted by Crippen LogP contribution is 2.40. The third-order valence-electron chi connectivity index (χ3n) is 6.67. The molecule has 226 valence electrons. The number of carbonyl (C=O) groups is 3. The number of esters is 3. The van der Waals surface area contributed by atoms with E-state index in [1.54, 1.807) is 10.9 Å². The molecule has 0 radical (unpaired) electrons. The van der Waals surface area contributed by atoms with Crippen LogP contribution in [0.3, 0.4) is 0 Å². The van der Waals surface area contributed by atoms with Crippen LogP contribution in [-0.2, 0) is 42.8 Å². The van der Waals surface area contributed by atoms with Crippen molar-refractivity contribution in [1.29, 1.82) is 0 Å². The first kappa shape index (κ1) is 31.3. The Kier molecular flexibility index (Phi) is 10.8. The van der Waals surface area contributed by atoms with Crippen molar-refractivity contribution < 1.29 is 42.8 Å². The molecule has 2 aliphatic rings. The fraction of sp³-hybridized carbons (Fsp3) is 0.577. The summed E-state index contributed by atoms with van der Waals surface area (Å²) in [5.41, 5.74) is 10.0. The molecule has 8 atom stereocenters. The highest BCUT2D eigenvalue weighted by Gasteiger charge is 2.51. The minimum absolute atomic E-state index is 0.184. The van der Waals surface area contributed by atoms with Crippen LogP contribution in [0.1, 0.15) is 26.8 Å². The van der Waals surface area contributed by atoms with Crippen LogP contribution in [-0.4, -0.2) is 101 Å². The van der Waals surface area contributed by atoms with Crippen LogP contribution in [0.25, 0.3) is 21.7 Å². The zero-order valence-corrected chi connectivity index (χ0v) is 24.3. The molecule has 4 rings (SSSR count). The molecule has 15 nitrogen and oxygen atoms in total. The Balaban J connectivity index is 1.62. The number of thioether (sulfide) groups is 1. The molecule has 2 aromatic rings. The van der Waals surface area contributed by atoms with Gasteiger partial charge in [0.15, 0.2) is 0 Å². The molecule has 42 heavy (non-hydrogen) atoms. The van der Waals surface area contributed by atoms with Gasteiger partial charge in [0.25, 0.3) is 0 Å². The van der Waals surface area contributed by atoms with Crippen LogP contribution in [0.2, 0.25) is 0 Å². The van der Waals surface area contributed by atoms with Gasteiger partial charge in [-0.3, -0.25) is 14.4 Å². The van der Waals surface area contributed by atoms with Crippen molar-refractivity contribution >= 4 is 29.7 Å². The second-order valence-corrected chi connectivity index (χ2v) is 11.0. The minimum Gasteiger partial charge on any atom is -0.463 e. The predicted octanol–water partition coefficient (Wildman–Crippen LogP) is 2.46. The van der Waals surface area contributed by atoms with Gasteiger partial charge in [-0.05, 0) is 5.53 Å². The topological polar surface area (TPSA) is 186 Å². The van der Waals surface area contributed by atoms with Crippen molar-refractivity contribution in [2.45, 2.75) is 68.0 Å². The minimum atomic E-state index is -1.09. The van der Waals surface area contributed by atoms with E-state index in [1.807, 2.05) is 30.3 Å². The van der Waals surface area contributed by atoms with Crippen molar-refractivity contribution in [2.24, 2.45) is 5.11 Å². The smallest absolute Gasteiger partial charge is 0.303 e. The number of azide groups is 1. The molecule has 1 aromatic carbocycles. The molecule has 16 heteroatoms. The van der Waals surface area contributed by atoms with Crippen molar-refractivity contribution in [2.75, 3.05) is 26.9 Å². The Morgan fingerprint density at radius 3 is 2.43 bits per heavy atom. The quantitative estimate of drug-likeness (QED) is 0.127. The van der Waals surface area contributed by atoms with E-state index in [0.717, 1.165) is 5.56 Å². The predicted molar refractivity (Wildman–Crippen MR) is 147 cm³/mol. The summed E-state index contributed by atoms with van der Waals surface area (Å²) in [6.07, 6.45) is -1.92. The van der Waals surface area contributed by atoms with E-state index in [-0.39, 0.29) is 19.8 Å². The Labute approximate surface area is 245 Å². The number of methoxy groups -OCH3 is 1. The highest BCUT2D eigenvalue weighted by atomic mass is 32.2. The summed E-state index contributed by atoms with van der Waals surface area (Å²) < 4.78 is 35.9.